The maximum Gasteiger partial charge on any atom is 0.416 e. The number of hydrogen-bond donors (Lipinski definition) is 1. The predicted molar refractivity (Wildman–Crippen MR) is 92.4 cm³/mol. The SMILES string of the molecule is CCC1C(=O)Nc2ccccc2N1C(=O)c1cc(C(F)(F)F)cc(C(F)(F)F)c1. The summed E-state index contributed by atoms with van der Waals surface area (Å²) >= 11 is 0. The molecule has 0 radical (unpaired) electrons. The molecule has 0 aromatic heterocycles. The van der Waals surface area contributed by atoms with E-state index in [1.54, 1.807) is 13.0 Å². The average Bonchev–Trinajstić information content (AvgIpc) is 2.64. The Morgan fingerprint density at radius 3 is 2.07 bits per heavy atom. The first-order valence-corrected chi connectivity index (χ1v) is 8.46. The maximum atomic E-state index is 13.1. The molecule has 0 fully saturated rings. The summed E-state index contributed by atoms with van der Waals surface area (Å²) in [5, 5.41) is 2.58. The molecule has 29 heavy (non-hydrogen) atoms. The number of rotatable bonds is 2. The van der Waals surface area contributed by atoms with Crippen molar-refractivity contribution in [2.24, 2.45) is 0 Å². The molecule has 0 spiro atoms. The van der Waals surface area contributed by atoms with Gasteiger partial charge in [-0.1, -0.05) is 19.1 Å². The van der Waals surface area contributed by atoms with Crippen LogP contribution >= 0.6 is 0 Å². The van der Waals surface area contributed by atoms with Crippen molar-refractivity contribution in [3.05, 3.63) is 59.2 Å². The molecule has 1 aliphatic rings. The third-order valence-electron chi connectivity index (χ3n) is 4.48. The van der Waals surface area contributed by atoms with E-state index in [-0.39, 0.29) is 23.9 Å². The second-order valence-electron chi connectivity index (χ2n) is 6.40. The first-order chi connectivity index (χ1) is 13.4. The quantitative estimate of drug-likeness (QED) is 0.693. The number of nitrogens with zero attached hydrogens (tertiary/aromatic N) is 1. The lowest BCUT2D eigenvalue weighted by Gasteiger charge is -2.36. The minimum atomic E-state index is -5.09. The Morgan fingerprint density at radius 1 is 1.00 bits per heavy atom. The first kappa shape index (κ1) is 20.7. The minimum Gasteiger partial charge on any atom is -0.322 e. The molecule has 0 saturated carbocycles. The van der Waals surface area contributed by atoms with Crippen LogP contribution in [0.2, 0.25) is 0 Å². The molecule has 0 aliphatic carbocycles. The number of carbonyl (C=O) groups excluding carboxylic acids is 2. The first-order valence-electron chi connectivity index (χ1n) is 8.46. The Hall–Kier alpha value is -3.04. The van der Waals surface area contributed by atoms with Crippen LogP contribution in [0.5, 0.6) is 0 Å². The standard InChI is InChI=1S/C19H14F6N2O2/c1-2-14-16(28)26-13-5-3-4-6-15(13)27(14)17(29)10-7-11(18(20,21)22)9-12(8-10)19(23,24)25/h3-9,14H,2H2,1H3,(H,26,28). The van der Waals surface area contributed by atoms with Gasteiger partial charge in [0.15, 0.2) is 0 Å². The van der Waals surface area contributed by atoms with Crippen molar-refractivity contribution in [3.63, 3.8) is 0 Å². The summed E-state index contributed by atoms with van der Waals surface area (Å²) in [5.41, 5.74) is -3.58. The van der Waals surface area contributed by atoms with Gasteiger partial charge in [-0.2, -0.15) is 26.3 Å². The van der Waals surface area contributed by atoms with Crippen LogP contribution in [0.4, 0.5) is 37.7 Å². The minimum absolute atomic E-state index is 0.0507. The van der Waals surface area contributed by atoms with Gasteiger partial charge in [-0.25, -0.2) is 0 Å². The lowest BCUT2D eigenvalue weighted by Crippen LogP contribution is -2.50. The van der Waals surface area contributed by atoms with E-state index < -0.39 is 46.9 Å². The summed E-state index contributed by atoms with van der Waals surface area (Å²) in [6.45, 7) is 1.58. The molecule has 1 N–H and O–H groups in total. The highest BCUT2D eigenvalue weighted by Crippen LogP contribution is 2.38. The van der Waals surface area contributed by atoms with Gasteiger partial charge in [0.2, 0.25) is 5.91 Å². The highest BCUT2D eigenvalue weighted by atomic mass is 19.4. The van der Waals surface area contributed by atoms with E-state index in [0.717, 1.165) is 4.90 Å². The van der Waals surface area contributed by atoms with Crippen LogP contribution < -0.4 is 10.2 Å². The predicted octanol–water partition coefficient (Wildman–Crippen LogP) is 5.10. The monoisotopic (exact) mass is 416 g/mol. The van der Waals surface area contributed by atoms with Crippen LogP contribution in [-0.2, 0) is 17.1 Å². The topological polar surface area (TPSA) is 49.4 Å². The normalized spacial score (nSPS) is 17.0. The molecular weight excluding hydrogens is 402 g/mol. The third-order valence-corrected chi connectivity index (χ3v) is 4.48. The molecule has 1 heterocycles. The van der Waals surface area contributed by atoms with Gasteiger partial charge in [-0.05, 0) is 36.8 Å². The lowest BCUT2D eigenvalue weighted by molar-refractivity contribution is -0.143. The molecule has 2 aromatic carbocycles. The number of halogens is 6. The van der Waals surface area contributed by atoms with Crippen LogP contribution in [0.1, 0.15) is 34.8 Å². The van der Waals surface area contributed by atoms with Crippen molar-refractivity contribution in [3.8, 4) is 0 Å². The van der Waals surface area contributed by atoms with Crippen molar-refractivity contribution >= 4 is 23.2 Å². The molecule has 3 rings (SSSR count). The highest BCUT2D eigenvalue weighted by Gasteiger charge is 2.40. The van der Waals surface area contributed by atoms with Crippen molar-refractivity contribution in [1.82, 2.24) is 0 Å². The number of nitrogens with one attached hydrogen (secondary N) is 1. The number of para-hydroxylation sites is 2. The van der Waals surface area contributed by atoms with E-state index in [9.17, 15) is 35.9 Å². The van der Waals surface area contributed by atoms with E-state index in [1.807, 2.05) is 0 Å². The Labute approximate surface area is 161 Å². The van der Waals surface area contributed by atoms with Crippen molar-refractivity contribution in [2.45, 2.75) is 31.7 Å². The zero-order valence-electron chi connectivity index (χ0n) is 14.9. The van der Waals surface area contributed by atoms with Gasteiger partial charge in [-0.3, -0.25) is 14.5 Å². The Bertz CT molecular complexity index is 936. The molecule has 1 atom stereocenters. The Balaban J connectivity index is 2.18. The fourth-order valence-electron chi connectivity index (χ4n) is 3.13. The molecule has 10 heteroatoms. The van der Waals surface area contributed by atoms with Crippen LogP contribution in [0, 0.1) is 0 Å². The summed E-state index contributed by atoms with van der Waals surface area (Å²) in [6.07, 6.45) is -10.1. The van der Waals surface area contributed by atoms with E-state index in [2.05, 4.69) is 5.32 Å². The molecule has 1 unspecified atom stereocenters. The number of carbonyl (C=O) groups is 2. The van der Waals surface area contributed by atoms with Crippen LogP contribution in [-0.4, -0.2) is 17.9 Å². The summed E-state index contributed by atoms with van der Waals surface area (Å²) in [7, 11) is 0. The third kappa shape index (κ3) is 3.92. The number of benzene rings is 2. The van der Waals surface area contributed by atoms with Gasteiger partial charge >= 0.3 is 12.4 Å². The number of alkyl halides is 6. The molecule has 1 aliphatic heterocycles. The molecule has 4 nitrogen and oxygen atoms in total. The summed E-state index contributed by atoms with van der Waals surface area (Å²) in [6, 6.07) is 5.63. The zero-order chi connectivity index (χ0) is 21.6. The maximum absolute atomic E-state index is 13.1. The zero-order valence-corrected chi connectivity index (χ0v) is 14.9. The molecule has 2 amide bonds. The van der Waals surface area contributed by atoms with Crippen molar-refractivity contribution in [1.29, 1.82) is 0 Å². The summed E-state index contributed by atoms with van der Waals surface area (Å²) in [4.78, 5) is 26.3. The van der Waals surface area contributed by atoms with Gasteiger partial charge in [0, 0.05) is 5.56 Å². The fourth-order valence-corrected chi connectivity index (χ4v) is 3.13. The number of amides is 2. The van der Waals surface area contributed by atoms with E-state index in [4.69, 9.17) is 0 Å². The van der Waals surface area contributed by atoms with Gasteiger partial charge in [0.1, 0.15) is 6.04 Å². The summed E-state index contributed by atoms with van der Waals surface area (Å²) in [5.74, 6) is -1.71. The van der Waals surface area contributed by atoms with Crippen LogP contribution in [0.15, 0.2) is 42.5 Å². The highest BCUT2D eigenvalue weighted by molar-refractivity contribution is 6.16. The smallest absolute Gasteiger partial charge is 0.322 e. The van der Waals surface area contributed by atoms with E-state index in [1.165, 1.54) is 18.2 Å². The number of hydrogen-bond acceptors (Lipinski definition) is 2. The Morgan fingerprint density at radius 2 is 1.55 bits per heavy atom. The van der Waals surface area contributed by atoms with Gasteiger partial charge in [-0.15, -0.1) is 0 Å². The fraction of sp³-hybridized carbons (Fsp3) is 0.263. The van der Waals surface area contributed by atoms with Crippen LogP contribution in [0.25, 0.3) is 0 Å². The molecule has 2 aromatic rings. The lowest BCUT2D eigenvalue weighted by atomic mass is 10.0. The van der Waals surface area contributed by atoms with E-state index >= 15 is 0 Å². The second kappa shape index (κ2) is 7.09. The van der Waals surface area contributed by atoms with Gasteiger partial charge in [0.25, 0.3) is 5.91 Å². The molecule has 0 saturated heterocycles. The molecular formula is C19H14F6N2O2. The van der Waals surface area contributed by atoms with Crippen LogP contribution in [0.3, 0.4) is 0 Å². The largest absolute Gasteiger partial charge is 0.416 e. The molecule has 154 valence electrons. The van der Waals surface area contributed by atoms with Crippen molar-refractivity contribution in [2.75, 3.05) is 10.2 Å². The van der Waals surface area contributed by atoms with Crippen molar-refractivity contribution < 1.29 is 35.9 Å². The van der Waals surface area contributed by atoms with Gasteiger partial charge in [0.05, 0.1) is 22.5 Å². The Kier molecular flexibility index (Phi) is 5.06. The van der Waals surface area contributed by atoms with Gasteiger partial charge < -0.3 is 5.32 Å². The number of anilines is 2. The molecule has 0 bridgehead atoms. The summed E-state index contributed by atoms with van der Waals surface area (Å²) < 4.78 is 78.8. The average molecular weight is 416 g/mol. The second-order valence-corrected chi connectivity index (χ2v) is 6.40. The number of fused-ring (bicyclic) bond motifs is 1. The van der Waals surface area contributed by atoms with E-state index in [0.29, 0.717) is 12.1 Å².